The van der Waals surface area contributed by atoms with Gasteiger partial charge in [0.2, 0.25) is 0 Å². The molecular formula is C72H48N6O. The van der Waals surface area contributed by atoms with E-state index in [1.54, 1.807) is 0 Å². The zero-order valence-corrected chi connectivity index (χ0v) is 43.7. The average Bonchev–Trinajstić information content (AvgIpc) is 2.86. The normalized spacial score (nSPS) is 12.8. The van der Waals surface area contributed by atoms with Crippen LogP contribution in [-0.4, -0.2) is 18.3 Å². The summed E-state index contributed by atoms with van der Waals surface area (Å²) in [5.74, 6) is 0. The van der Waals surface area contributed by atoms with Gasteiger partial charge in [0.05, 0.1) is 66.5 Å². The Kier molecular flexibility index (Phi) is 9.43. The molecule has 10 aromatic carbocycles. The smallest absolute Gasteiger partial charge is 0.147 e. The van der Waals surface area contributed by atoms with E-state index in [4.69, 9.17) is 4.42 Å². The largest absolute Gasteiger partial charge is 0.455 e. The van der Waals surface area contributed by atoms with Crippen LogP contribution in [0, 0.1) is 22.7 Å². The summed E-state index contributed by atoms with van der Waals surface area (Å²) in [6, 6.07) is 76.2. The minimum atomic E-state index is -0.135. The van der Waals surface area contributed by atoms with Crippen molar-refractivity contribution in [2.24, 2.45) is 0 Å². The number of furan rings is 1. The highest BCUT2D eigenvalue weighted by Gasteiger charge is 2.36. The van der Waals surface area contributed by atoms with Crippen LogP contribution in [0.3, 0.4) is 0 Å². The average molecular weight is 1010 g/mol. The summed E-state index contributed by atoms with van der Waals surface area (Å²) in [5.41, 5.74) is 16.8. The predicted molar refractivity (Wildman–Crippen MR) is 324 cm³/mol. The van der Waals surface area contributed by atoms with Gasteiger partial charge < -0.3 is 22.7 Å². The molecule has 79 heavy (non-hydrogen) atoms. The number of allylic oxidation sites excluding steroid dienone is 1. The molecule has 372 valence electrons. The van der Waals surface area contributed by atoms with Crippen molar-refractivity contribution in [1.29, 1.82) is 10.5 Å². The van der Waals surface area contributed by atoms with Crippen molar-refractivity contribution >= 4 is 104 Å². The Bertz CT molecular complexity index is 4980. The second kappa shape index (κ2) is 16.6. The monoisotopic (exact) mass is 1010 g/mol. The molecule has 7 nitrogen and oxygen atoms in total. The first kappa shape index (κ1) is 44.9. The number of nitriles is 2. The maximum atomic E-state index is 12.7. The Balaban J connectivity index is 1.22. The van der Waals surface area contributed by atoms with E-state index in [0.29, 0.717) is 28.2 Å². The van der Waals surface area contributed by atoms with Crippen LogP contribution in [-0.2, 0) is 11.8 Å². The summed E-state index contributed by atoms with van der Waals surface area (Å²) in [4.78, 5) is 0. The number of hydrogen-bond acceptors (Lipinski definition) is 3. The van der Waals surface area contributed by atoms with Crippen LogP contribution < -0.4 is 0 Å². The van der Waals surface area contributed by atoms with Crippen LogP contribution >= 0.6 is 0 Å². The van der Waals surface area contributed by atoms with E-state index in [0.717, 1.165) is 133 Å². The van der Waals surface area contributed by atoms with Crippen molar-refractivity contribution in [3.05, 3.63) is 234 Å². The first-order valence-electron chi connectivity index (χ1n) is 27.1. The first-order valence-corrected chi connectivity index (χ1v) is 27.1. The molecular weight excluding hydrogens is 965 g/mol. The lowest BCUT2D eigenvalue weighted by atomic mass is 9.85. The molecule has 0 spiro atoms. The van der Waals surface area contributed by atoms with E-state index in [2.05, 4.69) is 257 Å². The molecule has 15 aromatic rings. The lowest BCUT2D eigenvalue weighted by Gasteiger charge is -2.27. The maximum absolute atomic E-state index is 12.7. The minimum Gasteiger partial charge on any atom is -0.455 e. The quantitative estimate of drug-likeness (QED) is 0.172. The van der Waals surface area contributed by atoms with Gasteiger partial charge in [-0.3, -0.25) is 0 Å². The topological polar surface area (TPSA) is 80.4 Å². The number of rotatable bonds is 5. The number of para-hydroxylation sites is 7. The first-order chi connectivity index (χ1) is 38.8. The minimum absolute atomic E-state index is 0.135. The fourth-order valence-electron chi connectivity index (χ4n) is 13.6. The predicted octanol–water partition coefficient (Wildman–Crippen LogP) is 18.5. The van der Waals surface area contributed by atoms with Crippen LogP contribution in [0.2, 0.25) is 0 Å². The van der Waals surface area contributed by atoms with Crippen molar-refractivity contribution in [3.63, 3.8) is 0 Å². The summed E-state index contributed by atoms with van der Waals surface area (Å²) in [5, 5.41) is 34.6. The van der Waals surface area contributed by atoms with Crippen LogP contribution in [0.5, 0.6) is 0 Å². The standard InChI is InChI=1S/C72H48N6O/c1-72(2,3)44-39-37-43(38-40-44)62-67(76-55-30-14-7-23-46(55)47-24-8-15-31-56(47)76)53(41-73)66(54(42-74)68(62)77-57-32-16-9-25-48(57)49-26-10-17-33-58(49)77)78-60-35-19-12-28-51(60)64-70(78)63-50-27-11-18-34-59(50)75(45-21-5-4-6-22-45)69(63)65-52-29-13-20-36-61(52)79-71(64)65/h4-17,19-33,35-40H,18,34H2,1-3H3. The number of hydrogen-bond donors (Lipinski definition) is 0. The van der Waals surface area contributed by atoms with Gasteiger partial charge in [-0.2, -0.15) is 10.5 Å². The Morgan fingerprint density at radius 3 is 1.43 bits per heavy atom. The summed E-state index contributed by atoms with van der Waals surface area (Å²) in [7, 11) is 0. The molecule has 16 rings (SSSR count). The zero-order chi connectivity index (χ0) is 52.8. The Labute approximate surface area is 454 Å². The fraction of sp³-hybridized carbons (Fsp3) is 0.0833. The SMILES string of the molecule is CC(C)(C)c1ccc(-c2c(-n3c4ccccc4c4ccccc43)c(C#N)c(-n3c4ccccc4c4c5oc6ccccc6c5c5c(c6c(n5-c5ccccc5)CCC=C6)c43)c(C#N)c2-n2c3ccccc3c3ccccc32)cc1. The van der Waals surface area contributed by atoms with Crippen LogP contribution in [0.15, 0.2) is 211 Å². The van der Waals surface area contributed by atoms with Gasteiger partial charge in [-0.1, -0.05) is 185 Å². The highest BCUT2D eigenvalue weighted by molar-refractivity contribution is 6.36. The van der Waals surface area contributed by atoms with E-state index < -0.39 is 0 Å². The third kappa shape index (κ3) is 6.10. The van der Waals surface area contributed by atoms with Gasteiger partial charge in [-0.25, -0.2) is 0 Å². The van der Waals surface area contributed by atoms with Crippen LogP contribution in [0.25, 0.3) is 138 Å². The highest BCUT2D eigenvalue weighted by atomic mass is 16.3. The van der Waals surface area contributed by atoms with Crippen molar-refractivity contribution in [2.75, 3.05) is 0 Å². The van der Waals surface area contributed by atoms with Crippen molar-refractivity contribution in [1.82, 2.24) is 18.3 Å². The second-order valence-corrected chi connectivity index (χ2v) is 22.0. The molecule has 0 amide bonds. The molecule has 0 aliphatic heterocycles. The van der Waals surface area contributed by atoms with E-state index >= 15 is 0 Å². The second-order valence-electron chi connectivity index (χ2n) is 22.0. The molecule has 0 fully saturated rings. The van der Waals surface area contributed by atoms with Gasteiger partial charge in [0.25, 0.3) is 0 Å². The summed E-state index contributed by atoms with van der Waals surface area (Å²) in [6.45, 7) is 6.69. The maximum Gasteiger partial charge on any atom is 0.147 e. The summed E-state index contributed by atoms with van der Waals surface area (Å²) < 4.78 is 16.6. The molecule has 7 heteroatoms. The number of benzene rings is 10. The Hall–Kier alpha value is -10.3. The summed E-state index contributed by atoms with van der Waals surface area (Å²) in [6.07, 6.45) is 6.29. The van der Waals surface area contributed by atoms with Crippen LogP contribution in [0.1, 0.15) is 55.1 Å². The van der Waals surface area contributed by atoms with E-state index in [1.807, 2.05) is 6.07 Å². The van der Waals surface area contributed by atoms with Crippen molar-refractivity contribution in [3.8, 4) is 46.0 Å². The van der Waals surface area contributed by atoms with Gasteiger partial charge in [0, 0.05) is 60.2 Å². The Morgan fingerprint density at radius 1 is 0.443 bits per heavy atom. The van der Waals surface area contributed by atoms with Gasteiger partial charge in [-0.05, 0) is 77.9 Å². The molecule has 0 unspecified atom stereocenters. The van der Waals surface area contributed by atoms with Gasteiger partial charge in [0.15, 0.2) is 0 Å². The third-order valence-electron chi connectivity index (χ3n) is 16.8. The molecule has 5 aromatic heterocycles. The van der Waals surface area contributed by atoms with Gasteiger partial charge in [-0.15, -0.1) is 0 Å². The number of fused-ring (bicyclic) bond motifs is 18. The zero-order valence-electron chi connectivity index (χ0n) is 43.7. The lowest BCUT2D eigenvalue weighted by Crippen LogP contribution is -2.14. The molecule has 0 saturated heterocycles. The molecule has 1 aliphatic carbocycles. The molecule has 0 N–H and O–H groups in total. The van der Waals surface area contributed by atoms with E-state index in [9.17, 15) is 10.5 Å². The summed E-state index contributed by atoms with van der Waals surface area (Å²) >= 11 is 0. The molecule has 0 bridgehead atoms. The van der Waals surface area contributed by atoms with Crippen molar-refractivity contribution in [2.45, 2.75) is 39.0 Å². The van der Waals surface area contributed by atoms with E-state index in [-0.39, 0.29) is 5.41 Å². The van der Waals surface area contributed by atoms with Crippen LogP contribution in [0.4, 0.5) is 0 Å². The molecule has 0 radical (unpaired) electrons. The number of nitrogens with zero attached hydrogens (tertiary/aromatic N) is 6. The Morgan fingerprint density at radius 2 is 0.899 bits per heavy atom. The molecule has 1 aliphatic rings. The van der Waals surface area contributed by atoms with E-state index in [1.165, 1.54) is 11.3 Å². The van der Waals surface area contributed by atoms with Gasteiger partial charge in [0.1, 0.15) is 34.4 Å². The number of aromatic nitrogens is 4. The highest BCUT2D eigenvalue weighted by Crippen LogP contribution is 2.53. The lowest BCUT2D eigenvalue weighted by molar-refractivity contribution is 0.590. The van der Waals surface area contributed by atoms with Gasteiger partial charge >= 0.3 is 0 Å². The fourth-order valence-corrected chi connectivity index (χ4v) is 13.6. The third-order valence-corrected chi connectivity index (χ3v) is 16.8. The molecule has 5 heterocycles. The van der Waals surface area contributed by atoms with Crippen molar-refractivity contribution < 1.29 is 4.42 Å². The molecule has 0 atom stereocenters. The molecule has 0 saturated carbocycles.